The van der Waals surface area contributed by atoms with E-state index < -0.39 is 0 Å². The number of nitrogens with one attached hydrogen (secondary N) is 1. The lowest BCUT2D eigenvalue weighted by Gasteiger charge is -2.05. The molecule has 1 aromatic heterocycles. The van der Waals surface area contributed by atoms with Gasteiger partial charge in [0.2, 0.25) is 0 Å². The fourth-order valence-electron chi connectivity index (χ4n) is 1.51. The summed E-state index contributed by atoms with van der Waals surface area (Å²) >= 11 is 3.45. The standard InChI is InChI=1S/C10H12BrN3O/c1-5(2)7-3-6(11)4-8-9(7)15-10(13-8)14-12/h3-5H,12H2,1-2H3,(H,13,14). The first-order valence-corrected chi connectivity index (χ1v) is 5.47. The zero-order chi connectivity index (χ0) is 11.0. The molecule has 0 fully saturated rings. The minimum Gasteiger partial charge on any atom is -0.422 e. The van der Waals surface area contributed by atoms with Gasteiger partial charge in [-0.2, -0.15) is 4.98 Å². The van der Waals surface area contributed by atoms with Gasteiger partial charge < -0.3 is 4.42 Å². The van der Waals surface area contributed by atoms with Gasteiger partial charge in [-0.05, 0) is 18.1 Å². The Morgan fingerprint density at radius 3 is 2.80 bits per heavy atom. The normalized spacial score (nSPS) is 11.3. The molecular weight excluding hydrogens is 258 g/mol. The van der Waals surface area contributed by atoms with E-state index in [1.165, 1.54) is 0 Å². The quantitative estimate of drug-likeness (QED) is 0.650. The number of nitrogen functional groups attached to an aromatic ring is 1. The highest BCUT2D eigenvalue weighted by Gasteiger charge is 2.13. The van der Waals surface area contributed by atoms with Crippen molar-refractivity contribution < 1.29 is 4.42 Å². The molecule has 0 bridgehead atoms. The Kier molecular flexibility index (Phi) is 2.67. The lowest BCUT2D eigenvalue weighted by atomic mass is 10.0. The number of hydrogen-bond donors (Lipinski definition) is 2. The summed E-state index contributed by atoms with van der Waals surface area (Å²) in [6.07, 6.45) is 0. The summed E-state index contributed by atoms with van der Waals surface area (Å²) < 4.78 is 6.49. The van der Waals surface area contributed by atoms with Gasteiger partial charge >= 0.3 is 6.01 Å². The number of nitrogens with zero attached hydrogens (tertiary/aromatic N) is 1. The SMILES string of the molecule is CC(C)c1cc(Br)cc2nc(NN)oc12. The Balaban J connectivity index is 2.72. The molecule has 5 heteroatoms. The molecule has 1 aromatic carbocycles. The van der Waals surface area contributed by atoms with Crippen LogP contribution in [0.1, 0.15) is 25.3 Å². The molecule has 0 saturated heterocycles. The van der Waals surface area contributed by atoms with Crippen molar-refractivity contribution in [2.75, 3.05) is 5.43 Å². The molecular formula is C10H12BrN3O. The second kappa shape index (κ2) is 3.83. The van der Waals surface area contributed by atoms with E-state index in [1.807, 2.05) is 12.1 Å². The number of benzene rings is 1. The van der Waals surface area contributed by atoms with Crippen molar-refractivity contribution in [3.63, 3.8) is 0 Å². The van der Waals surface area contributed by atoms with Crippen LogP contribution >= 0.6 is 15.9 Å². The van der Waals surface area contributed by atoms with Gasteiger partial charge in [0, 0.05) is 10.0 Å². The third-order valence-corrected chi connectivity index (χ3v) is 2.69. The number of rotatable bonds is 2. The lowest BCUT2D eigenvalue weighted by molar-refractivity contribution is 0.609. The minimum atomic E-state index is 0.338. The van der Waals surface area contributed by atoms with Crippen molar-refractivity contribution in [1.29, 1.82) is 0 Å². The highest BCUT2D eigenvalue weighted by molar-refractivity contribution is 9.10. The Morgan fingerprint density at radius 2 is 2.20 bits per heavy atom. The third-order valence-electron chi connectivity index (χ3n) is 2.23. The van der Waals surface area contributed by atoms with Crippen LogP contribution in [0.2, 0.25) is 0 Å². The maximum absolute atomic E-state index is 5.50. The second-order valence-electron chi connectivity index (χ2n) is 3.66. The molecule has 0 aliphatic carbocycles. The molecule has 1 heterocycles. The number of anilines is 1. The Morgan fingerprint density at radius 1 is 1.47 bits per heavy atom. The average Bonchev–Trinajstić information content (AvgIpc) is 2.58. The summed E-state index contributed by atoms with van der Waals surface area (Å²) in [5.74, 6) is 5.64. The molecule has 80 valence electrons. The van der Waals surface area contributed by atoms with Crippen LogP contribution in [-0.2, 0) is 0 Å². The molecule has 15 heavy (non-hydrogen) atoms. The molecule has 4 nitrogen and oxygen atoms in total. The van der Waals surface area contributed by atoms with Crippen molar-refractivity contribution in [1.82, 2.24) is 4.98 Å². The number of nitrogens with two attached hydrogens (primary N) is 1. The summed E-state index contributed by atoms with van der Waals surface area (Å²) in [6, 6.07) is 4.29. The number of hydrazine groups is 1. The maximum Gasteiger partial charge on any atom is 0.310 e. The fraction of sp³-hybridized carbons (Fsp3) is 0.300. The van der Waals surface area contributed by atoms with Gasteiger partial charge in [-0.25, -0.2) is 5.84 Å². The van der Waals surface area contributed by atoms with Crippen molar-refractivity contribution in [3.05, 3.63) is 22.2 Å². The van der Waals surface area contributed by atoms with E-state index in [2.05, 4.69) is 40.2 Å². The molecule has 0 spiro atoms. The van der Waals surface area contributed by atoms with E-state index in [9.17, 15) is 0 Å². The van der Waals surface area contributed by atoms with Crippen LogP contribution in [-0.4, -0.2) is 4.98 Å². The highest BCUT2D eigenvalue weighted by atomic mass is 79.9. The van der Waals surface area contributed by atoms with E-state index in [4.69, 9.17) is 10.3 Å². The number of fused-ring (bicyclic) bond motifs is 1. The maximum atomic E-state index is 5.50. The molecule has 0 radical (unpaired) electrons. The van der Waals surface area contributed by atoms with Gasteiger partial charge in [0.1, 0.15) is 5.52 Å². The minimum absolute atomic E-state index is 0.338. The summed E-state index contributed by atoms with van der Waals surface area (Å²) in [4.78, 5) is 4.20. The highest BCUT2D eigenvalue weighted by Crippen LogP contribution is 2.30. The van der Waals surface area contributed by atoms with Gasteiger partial charge in [0.05, 0.1) is 0 Å². The lowest BCUT2D eigenvalue weighted by Crippen LogP contribution is -2.06. The van der Waals surface area contributed by atoms with Crippen LogP contribution < -0.4 is 11.3 Å². The number of halogens is 1. The summed E-state index contributed by atoms with van der Waals surface area (Å²) in [5.41, 5.74) is 5.13. The predicted octanol–water partition coefficient (Wildman–Crippen LogP) is 3.00. The monoisotopic (exact) mass is 269 g/mol. The van der Waals surface area contributed by atoms with Crippen LogP contribution in [0.4, 0.5) is 6.01 Å². The van der Waals surface area contributed by atoms with Gasteiger partial charge in [-0.3, -0.25) is 5.43 Å². The fourth-order valence-corrected chi connectivity index (χ4v) is 1.98. The Labute approximate surface area is 95.9 Å². The molecule has 2 aromatic rings. The smallest absolute Gasteiger partial charge is 0.310 e. The van der Waals surface area contributed by atoms with Crippen LogP contribution in [0.15, 0.2) is 21.0 Å². The molecule has 0 atom stereocenters. The van der Waals surface area contributed by atoms with E-state index >= 15 is 0 Å². The van der Waals surface area contributed by atoms with Crippen LogP contribution in [0.5, 0.6) is 0 Å². The first-order valence-electron chi connectivity index (χ1n) is 4.68. The van der Waals surface area contributed by atoms with Gasteiger partial charge in [-0.1, -0.05) is 29.8 Å². The predicted molar refractivity (Wildman–Crippen MR) is 63.6 cm³/mol. The molecule has 0 amide bonds. The van der Waals surface area contributed by atoms with Gasteiger partial charge in [0.15, 0.2) is 5.58 Å². The molecule has 2 rings (SSSR count). The van der Waals surface area contributed by atoms with Crippen molar-refractivity contribution in [3.8, 4) is 0 Å². The first-order chi connectivity index (χ1) is 7.11. The number of hydrogen-bond acceptors (Lipinski definition) is 4. The summed E-state index contributed by atoms with van der Waals surface area (Å²) in [5, 5.41) is 0. The molecule has 0 aliphatic heterocycles. The summed E-state index contributed by atoms with van der Waals surface area (Å²) in [7, 11) is 0. The van der Waals surface area contributed by atoms with E-state index in [-0.39, 0.29) is 0 Å². The summed E-state index contributed by atoms with van der Waals surface area (Å²) in [6.45, 7) is 4.22. The first kappa shape index (κ1) is 10.4. The largest absolute Gasteiger partial charge is 0.422 e. The second-order valence-corrected chi connectivity index (χ2v) is 4.58. The van der Waals surface area contributed by atoms with Gasteiger partial charge in [-0.15, -0.1) is 0 Å². The molecule has 3 N–H and O–H groups in total. The average molecular weight is 270 g/mol. The topological polar surface area (TPSA) is 64.1 Å². The number of oxazole rings is 1. The van der Waals surface area contributed by atoms with Crippen molar-refractivity contribution in [2.24, 2.45) is 5.84 Å². The van der Waals surface area contributed by atoms with Gasteiger partial charge in [0.25, 0.3) is 0 Å². The third kappa shape index (κ3) is 1.85. The number of aromatic nitrogens is 1. The van der Waals surface area contributed by atoms with Crippen LogP contribution in [0.25, 0.3) is 11.1 Å². The van der Waals surface area contributed by atoms with E-state index in [0.717, 1.165) is 21.1 Å². The van der Waals surface area contributed by atoms with Crippen LogP contribution in [0.3, 0.4) is 0 Å². The molecule has 0 saturated carbocycles. The molecule has 0 aliphatic rings. The van der Waals surface area contributed by atoms with E-state index in [0.29, 0.717) is 11.9 Å². The molecule has 0 unspecified atom stereocenters. The van der Waals surface area contributed by atoms with E-state index in [1.54, 1.807) is 0 Å². The zero-order valence-corrected chi connectivity index (χ0v) is 10.1. The van der Waals surface area contributed by atoms with Crippen molar-refractivity contribution >= 4 is 33.0 Å². The van der Waals surface area contributed by atoms with Crippen molar-refractivity contribution in [2.45, 2.75) is 19.8 Å². The Bertz CT molecular complexity index is 493. The van der Waals surface area contributed by atoms with Crippen LogP contribution in [0, 0.1) is 0 Å². The zero-order valence-electron chi connectivity index (χ0n) is 8.54. The Hall–Kier alpha value is -1.07.